The monoisotopic (exact) mass is 245 g/mol. The molecule has 0 fully saturated rings. The standard InChI is InChI=1S/C8H7BrO4/c1-13-7-3-6(10)5(9)2-4(7)8(11)12/h2-3,10H,1H3,(H,11,12)/p-1. The summed E-state index contributed by atoms with van der Waals surface area (Å²) in [7, 11) is 1.31. The van der Waals surface area contributed by atoms with Gasteiger partial charge in [-0.3, -0.25) is 0 Å². The molecule has 0 aromatic heterocycles. The number of aromatic carboxylic acids is 1. The van der Waals surface area contributed by atoms with Gasteiger partial charge in [-0.25, -0.2) is 4.79 Å². The summed E-state index contributed by atoms with van der Waals surface area (Å²) < 4.78 is 4.95. The maximum absolute atomic E-state index is 11.1. The van der Waals surface area contributed by atoms with E-state index in [1.165, 1.54) is 13.2 Å². The number of hydrogen-bond donors (Lipinski definition) is 1. The largest absolute Gasteiger partial charge is 0.872 e. The number of methoxy groups -OCH3 is 1. The zero-order valence-electron chi connectivity index (χ0n) is 6.70. The molecule has 1 aromatic carbocycles. The van der Waals surface area contributed by atoms with Crippen molar-refractivity contribution in [3.8, 4) is 11.5 Å². The second-order valence-corrected chi connectivity index (χ2v) is 3.14. The third kappa shape index (κ3) is 1.92. The van der Waals surface area contributed by atoms with Crippen molar-refractivity contribution in [3.05, 3.63) is 22.2 Å². The predicted octanol–water partition coefficient (Wildman–Crippen LogP) is 1.23. The van der Waals surface area contributed by atoms with Gasteiger partial charge in [0, 0.05) is 4.47 Å². The van der Waals surface area contributed by atoms with Gasteiger partial charge in [0.25, 0.3) is 0 Å². The number of carboxylic acids is 1. The second kappa shape index (κ2) is 3.66. The highest BCUT2D eigenvalue weighted by atomic mass is 79.9. The fraction of sp³-hybridized carbons (Fsp3) is 0.125. The minimum absolute atomic E-state index is 0.0334. The van der Waals surface area contributed by atoms with Gasteiger partial charge in [0.1, 0.15) is 11.3 Å². The number of carboxylic acid groups (broad SMARTS) is 1. The molecule has 4 nitrogen and oxygen atoms in total. The van der Waals surface area contributed by atoms with Gasteiger partial charge >= 0.3 is 5.97 Å². The molecule has 0 aliphatic heterocycles. The quantitative estimate of drug-likeness (QED) is 0.851. The first-order valence-corrected chi connectivity index (χ1v) is 4.13. The summed E-state index contributed by atoms with van der Waals surface area (Å²) in [4.78, 5) is 10.6. The van der Waals surface area contributed by atoms with E-state index in [2.05, 4.69) is 15.9 Å². The highest BCUT2D eigenvalue weighted by Gasteiger charge is 2.11. The molecule has 70 valence electrons. The topological polar surface area (TPSA) is 69.6 Å². The van der Waals surface area contributed by atoms with Crippen molar-refractivity contribution in [2.45, 2.75) is 0 Å². The van der Waals surface area contributed by atoms with Crippen LogP contribution in [0, 0.1) is 0 Å². The van der Waals surface area contributed by atoms with E-state index in [9.17, 15) is 9.90 Å². The molecular formula is C8H6BrO4-. The van der Waals surface area contributed by atoms with Crippen molar-refractivity contribution in [1.29, 1.82) is 0 Å². The van der Waals surface area contributed by atoms with Crippen LogP contribution in [-0.2, 0) is 0 Å². The van der Waals surface area contributed by atoms with E-state index in [0.29, 0.717) is 0 Å². The maximum atomic E-state index is 11.1. The lowest BCUT2D eigenvalue weighted by molar-refractivity contribution is -0.269. The van der Waals surface area contributed by atoms with E-state index in [-0.39, 0.29) is 21.5 Å². The normalized spacial score (nSPS) is 9.69. The molecule has 0 atom stereocenters. The van der Waals surface area contributed by atoms with Crippen molar-refractivity contribution in [3.63, 3.8) is 0 Å². The van der Waals surface area contributed by atoms with Crippen LogP contribution >= 0.6 is 15.9 Å². The van der Waals surface area contributed by atoms with Gasteiger partial charge in [0.05, 0.1) is 7.11 Å². The Bertz CT molecular complexity index is 348. The second-order valence-electron chi connectivity index (χ2n) is 2.29. The lowest BCUT2D eigenvalue weighted by Crippen LogP contribution is -2.02. The molecule has 1 aromatic rings. The van der Waals surface area contributed by atoms with Gasteiger partial charge in [-0.15, -0.1) is 0 Å². The third-order valence-electron chi connectivity index (χ3n) is 1.48. The van der Waals surface area contributed by atoms with Crippen LogP contribution in [0.25, 0.3) is 0 Å². The molecule has 0 aliphatic rings. The number of hydrogen-bond acceptors (Lipinski definition) is 3. The molecule has 0 aliphatic carbocycles. The summed E-state index contributed by atoms with van der Waals surface area (Å²) in [6.45, 7) is 0. The zero-order chi connectivity index (χ0) is 10.0. The number of rotatable bonds is 2. The molecule has 0 heterocycles. The Morgan fingerprint density at radius 2 is 2.23 bits per heavy atom. The van der Waals surface area contributed by atoms with E-state index in [4.69, 9.17) is 9.84 Å². The number of ether oxygens (including phenoxy) is 1. The fourth-order valence-electron chi connectivity index (χ4n) is 0.871. The van der Waals surface area contributed by atoms with Crippen LogP contribution in [-0.4, -0.2) is 18.2 Å². The molecule has 0 unspecified atom stereocenters. The average Bonchev–Trinajstić information content (AvgIpc) is 2.08. The Morgan fingerprint density at radius 1 is 1.62 bits per heavy atom. The van der Waals surface area contributed by atoms with E-state index in [0.717, 1.165) is 6.07 Å². The molecule has 0 bridgehead atoms. The summed E-state index contributed by atoms with van der Waals surface area (Å²) in [5.74, 6) is -1.36. The maximum Gasteiger partial charge on any atom is 0.339 e. The lowest BCUT2D eigenvalue weighted by atomic mass is 10.2. The van der Waals surface area contributed by atoms with E-state index < -0.39 is 5.97 Å². The highest BCUT2D eigenvalue weighted by Crippen LogP contribution is 2.29. The summed E-state index contributed by atoms with van der Waals surface area (Å²) in [6, 6.07) is 2.36. The van der Waals surface area contributed by atoms with Crippen LogP contribution in [0.15, 0.2) is 16.6 Å². The van der Waals surface area contributed by atoms with E-state index in [1.54, 1.807) is 0 Å². The minimum atomic E-state index is -1.13. The van der Waals surface area contributed by atoms with Crippen molar-refractivity contribution >= 4 is 21.9 Å². The Morgan fingerprint density at radius 3 is 2.69 bits per heavy atom. The molecule has 0 saturated carbocycles. The van der Waals surface area contributed by atoms with Crippen LogP contribution in [0.3, 0.4) is 0 Å². The SMILES string of the molecule is COc1cc([O-])c(Br)cc1C(=O)O. The Balaban J connectivity index is 3.33. The molecule has 13 heavy (non-hydrogen) atoms. The van der Waals surface area contributed by atoms with Crippen LogP contribution in [0.2, 0.25) is 0 Å². The first-order valence-electron chi connectivity index (χ1n) is 3.34. The fourth-order valence-corrected chi connectivity index (χ4v) is 1.21. The molecule has 0 radical (unpaired) electrons. The zero-order valence-corrected chi connectivity index (χ0v) is 8.29. The Labute approximate surface area is 82.9 Å². The lowest BCUT2D eigenvalue weighted by Gasteiger charge is -2.12. The number of carbonyl (C=O) groups is 1. The number of benzene rings is 1. The van der Waals surface area contributed by atoms with Gasteiger partial charge in [-0.1, -0.05) is 21.7 Å². The number of halogens is 1. The summed E-state index contributed by atoms with van der Waals surface area (Å²) in [6.07, 6.45) is 0. The average molecular weight is 246 g/mol. The molecule has 0 saturated heterocycles. The first-order chi connectivity index (χ1) is 6.06. The van der Waals surface area contributed by atoms with E-state index >= 15 is 0 Å². The van der Waals surface area contributed by atoms with Gasteiger partial charge in [-0.05, 0) is 12.1 Å². The molecule has 1 rings (SSSR count). The molecular weight excluding hydrogens is 240 g/mol. The Hall–Kier alpha value is -1.23. The minimum Gasteiger partial charge on any atom is -0.872 e. The predicted molar refractivity (Wildman–Crippen MR) is 47.1 cm³/mol. The molecule has 0 amide bonds. The van der Waals surface area contributed by atoms with Crippen molar-refractivity contribution in [2.24, 2.45) is 0 Å². The molecule has 1 N–H and O–H groups in total. The molecule has 5 heteroatoms. The van der Waals surface area contributed by atoms with Gasteiger partial charge < -0.3 is 14.9 Å². The summed E-state index contributed by atoms with van der Waals surface area (Å²) >= 11 is 2.95. The summed E-state index contributed by atoms with van der Waals surface area (Å²) in [5.41, 5.74) is -0.0334. The smallest absolute Gasteiger partial charge is 0.339 e. The van der Waals surface area contributed by atoms with Crippen molar-refractivity contribution < 1.29 is 19.7 Å². The third-order valence-corrected chi connectivity index (χ3v) is 2.10. The molecule has 0 spiro atoms. The Kier molecular flexibility index (Phi) is 2.77. The van der Waals surface area contributed by atoms with Crippen molar-refractivity contribution in [1.82, 2.24) is 0 Å². The van der Waals surface area contributed by atoms with Crippen LogP contribution in [0.4, 0.5) is 0 Å². The van der Waals surface area contributed by atoms with Gasteiger partial charge in [0.2, 0.25) is 0 Å². The van der Waals surface area contributed by atoms with Crippen LogP contribution in [0.1, 0.15) is 10.4 Å². The van der Waals surface area contributed by atoms with E-state index in [1.807, 2.05) is 0 Å². The highest BCUT2D eigenvalue weighted by molar-refractivity contribution is 9.10. The van der Waals surface area contributed by atoms with Crippen molar-refractivity contribution in [2.75, 3.05) is 7.11 Å². The first kappa shape index (κ1) is 9.85. The van der Waals surface area contributed by atoms with Gasteiger partial charge in [0.15, 0.2) is 0 Å². The van der Waals surface area contributed by atoms with Crippen LogP contribution < -0.4 is 9.84 Å². The summed E-state index contributed by atoms with van der Waals surface area (Å²) in [5, 5.41) is 19.8. The van der Waals surface area contributed by atoms with Crippen LogP contribution in [0.5, 0.6) is 11.5 Å². The van der Waals surface area contributed by atoms with Gasteiger partial charge in [-0.2, -0.15) is 0 Å².